The summed E-state index contributed by atoms with van der Waals surface area (Å²) in [6, 6.07) is 10.0. The van der Waals surface area contributed by atoms with Crippen LogP contribution >= 0.6 is 0 Å². The van der Waals surface area contributed by atoms with Gasteiger partial charge in [0.15, 0.2) is 6.29 Å². The van der Waals surface area contributed by atoms with Crippen LogP contribution in [0.3, 0.4) is 0 Å². The molecule has 82 valence electrons. The molecule has 3 nitrogen and oxygen atoms in total. The van der Waals surface area contributed by atoms with Gasteiger partial charge in [0.1, 0.15) is 0 Å². The summed E-state index contributed by atoms with van der Waals surface area (Å²) >= 11 is 0. The molecular weight excluding hydrogens is 192 g/mol. The van der Waals surface area contributed by atoms with Crippen molar-refractivity contribution in [3.8, 4) is 0 Å². The van der Waals surface area contributed by atoms with Crippen molar-refractivity contribution in [1.29, 1.82) is 0 Å². The molecule has 3 heteroatoms. The van der Waals surface area contributed by atoms with E-state index < -0.39 is 0 Å². The summed E-state index contributed by atoms with van der Waals surface area (Å²) in [5, 5.41) is 9.23. The number of aliphatic hydroxyl groups is 1. The summed E-state index contributed by atoms with van der Waals surface area (Å²) in [5.41, 5.74) is 1.15. The van der Waals surface area contributed by atoms with Crippen molar-refractivity contribution in [3.05, 3.63) is 35.9 Å². The summed E-state index contributed by atoms with van der Waals surface area (Å²) < 4.78 is 10.9. The van der Waals surface area contributed by atoms with Crippen molar-refractivity contribution in [2.24, 2.45) is 0 Å². The maximum Gasteiger partial charge on any atom is 0.158 e. The molecule has 2 rings (SSSR count). The Labute approximate surface area is 89.6 Å². The Bertz CT molecular complexity index is 278. The first kappa shape index (κ1) is 10.6. The van der Waals surface area contributed by atoms with Gasteiger partial charge in [0, 0.05) is 6.42 Å². The first-order chi connectivity index (χ1) is 7.34. The Balaban J connectivity index is 1.74. The van der Waals surface area contributed by atoms with Gasteiger partial charge in [-0.05, 0) is 12.0 Å². The lowest BCUT2D eigenvalue weighted by atomic mass is 10.1. The molecule has 0 aromatic heterocycles. The van der Waals surface area contributed by atoms with Crippen LogP contribution in [0.4, 0.5) is 0 Å². The van der Waals surface area contributed by atoms with Crippen molar-refractivity contribution >= 4 is 0 Å². The molecule has 0 spiro atoms. The third-order valence-electron chi connectivity index (χ3n) is 2.49. The number of ether oxygens (including phenoxy) is 2. The van der Waals surface area contributed by atoms with Gasteiger partial charge < -0.3 is 14.6 Å². The molecule has 0 radical (unpaired) electrons. The van der Waals surface area contributed by atoms with Crippen LogP contribution in [0.5, 0.6) is 0 Å². The molecule has 1 aliphatic rings. The van der Waals surface area contributed by atoms with Crippen LogP contribution in [0.15, 0.2) is 30.3 Å². The number of hydrogen-bond donors (Lipinski definition) is 1. The van der Waals surface area contributed by atoms with E-state index in [0.29, 0.717) is 13.2 Å². The van der Waals surface area contributed by atoms with Gasteiger partial charge >= 0.3 is 0 Å². The molecule has 1 saturated heterocycles. The summed E-state index contributed by atoms with van der Waals surface area (Å²) in [5.74, 6) is 0. The third kappa shape index (κ3) is 3.30. The third-order valence-corrected chi connectivity index (χ3v) is 2.49. The van der Waals surface area contributed by atoms with Crippen molar-refractivity contribution in [2.45, 2.75) is 31.8 Å². The van der Waals surface area contributed by atoms with E-state index in [9.17, 15) is 5.11 Å². The molecule has 1 fully saturated rings. The minimum atomic E-state index is -0.318. The highest BCUT2D eigenvalue weighted by molar-refractivity contribution is 5.13. The highest BCUT2D eigenvalue weighted by atomic mass is 16.7. The molecule has 1 aromatic rings. The smallest absolute Gasteiger partial charge is 0.158 e. The van der Waals surface area contributed by atoms with Crippen LogP contribution in [0, 0.1) is 0 Å². The molecule has 2 atom stereocenters. The lowest BCUT2D eigenvalue weighted by Gasteiger charge is -2.26. The molecular formula is C12H16O3. The zero-order chi connectivity index (χ0) is 10.5. The van der Waals surface area contributed by atoms with Gasteiger partial charge in [-0.15, -0.1) is 0 Å². The van der Waals surface area contributed by atoms with E-state index in [2.05, 4.69) is 0 Å². The highest BCUT2D eigenvalue weighted by Gasteiger charge is 2.19. The second-order valence-corrected chi connectivity index (χ2v) is 3.79. The van der Waals surface area contributed by atoms with E-state index in [4.69, 9.17) is 9.47 Å². The normalized spacial score (nSPS) is 26.5. The van der Waals surface area contributed by atoms with E-state index >= 15 is 0 Å². The van der Waals surface area contributed by atoms with Gasteiger partial charge in [-0.25, -0.2) is 0 Å². The standard InChI is InChI=1S/C12H16O3/c13-11-6-7-12(15-9-11)14-8-10-4-2-1-3-5-10/h1-5,11-13H,6-9H2. The molecule has 0 aliphatic carbocycles. The fraction of sp³-hybridized carbons (Fsp3) is 0.500. The lowest BCUT2D eigenvalue weighted by Crippen LogP contribution is -2.30. The van der Waals surface area contributed by atoms with Crippen LogP contribution in [0.2, 0.25) is 0 Å². The summed E-state index contributed by atoms with van der Waals surface area (Å²) in [4.78, 5) is 0. The van der Waals surface area contributed by atoms with Crippen molar-refractivity contribution < 1.29 is 14.6 Å². The molecule has 1 aromatic carbocycles. The van der Waals surface area contributed by atoms with E-state index in [1.807, 2.05) is 30.3 Å². The van der Waals surface area contributed by atoms with Gasteiger partial charge in [-0.2, -0.15) is 0 Å². The predicted octanol–water partition coefficient (Wildman–Crippen LogP) is 1.70. The minimum absolute atomic E-state index is 0.159. The Morgan fingerprint density at radius 1 is 1.27 bits per heavy atom. The predicted molar refractivity (Wildman–Crippen MR) is 56.2 cm³/mol. The molecule has 0 saturated carbocycles. The molecule has 15 heavy (non-hydrogen) atoms. The Morgan fingerprint density at radius 3 is 2.73 bits per heavy atom. The number of hydrogen-bond acceptors (Lipinski definition) is 3. The van der Waals surface area contributed by atoms with Gasteiger partial charge in [0.05, 0.1) is 19.3 Å². The second kappa shape index (κ2) is 5.26. The zero-order valence-electron chi connectivity index (χ0n) is 8.63. The maximum atomic E-state index is 9.23. The molecule has 2 unspecified atom stereocenters. The van der Waals surface area contributed by atoms with Gasteiger partial charge in [0.2, 0.25) is 0 Å². The Morgan fingerprint density at radius 2 is 2.07 bits per heavy atom. The molecule has 1 aliphatic heterocycles. The van der Waals surface area contributed by atoms with Crippen molar-refractivity contribution in [3.63, 3.8) is 0 Å². The van der Waals surface area contributed by atoms with Gasteiger partial charge in [-0.3, -0.25) is 0 Å². The highest BCUT2D eigenvalue weighted by Crippen LogP contribution is 2.15. The first-order valence-corrected chi connectivity index (χ1v) is 5.30. The molecule has 1 N–H and O–H groups in total. The first-order valence-electron chi connectivity index (χ1n) is 5.30. The zero-order valence-corrected chi connectivity index (χ0v) is 8.63. The van der Waals surface area contributed by atoms with Crippen LogP contribution in [-0.2, 0) is 16.1 Å². The number of rotatable bonds is 3. The van der Waals surface area contributed by atoms with E-state index in [1.54, 1.807) is 0 Å². The summed E-state index contributed by atoms with van der Waals surface area (Å²) in [6.07, 6.45) is 1.06. The average Bonchev–Trinajstić information content (AvgIpc) is 2.30. The van der Waals surface area contributed by atoms with E-state index in [-0.39, 0.29) is 12.4 Å². The summed E-state index contributed by atoms with van der Waals surface area (Å²) in [6.45, 7) is 0.959. The molecule has 1 heterocycles. The van der Waals surface area contributed by atoms with Crippen LogP contribution in [-0.4, -0.2) is 24.1 Å². The van der Waals surface area contributed by atoms with Gasteiger partial charge in [0.25, 0.3) is 0 Å². The van der Waals surface area contributed by atoms with Crippen molar-refractivity contribution in [1.82, 2.24) is 0 Å². The van der Waals surface area contributed by atoms with E-state index in [0.717, 1.165) is 18.4 Å². The Kier molecular flexibility index (Phi) is 3.72. The SMILES string of the molecule is OC1CCC(OCc2ccccc2)OC1. The fourth-order valence-corrected chi connectivity index (χ4v) is 1.61. The maximum absolute atomic E-state index is 9.23. The van der Waals surface area contributed by atoms with Crippen LogP contribution in [0.25, 0.3) is 0 Å². The topological polar surface area (TPSA) is 38.7 Å². The number of benzene rings is 1. The Hall–Kier alpha value is -0.900. The van der Waals surface area contributed by atoms with E-state index in [1.165, 1.54) is 0 Å². The largest absolute Gasteiger partial charge is 0.391 e. The molecule has 0 amide bonds. The monoisotopic (exact) mass is 208 g/mol. The minimum Gasteiger partial charge on any atom is -0.391 e. The molecule has 0 bridgehead atoms. The summed E-state index contributed by atoms with van der Waals surface area (Å²) in [7, 11) is 0. The second-order valence-electron chi connectivity index (χ2n) is 3.79. The lowest BCUT2D eigenvalue weighted by molar-refractivity contribution is -0.191. The van der Waals surface area contributed by atoms with Crippen LogP contribution in [0.1, 0.15) is 18.4 Å². The van der Waals surface area contributed by atoms with Crippen molar-refractivity contribution in [2.75, 3.05) is 6.61 Å². The quantitative estimate of drug-likeness (QED) is 0.821. The number of aliphatic hydroxyl groups excluding tert-OH is 1. The van der Waals surface area contributed by atoms with Crippen LogP contribution < -0.4 is 0 Å². The van der Waals surface area contributed by atoms with Gasteiger partial charge in [-0.1, -0.05) is 30.3 Å². The average molecular weight is 208 g/mol. The fourth-order valence-electron chi connectivity index (χ4n) is 1.61.